The monoisotopic (exact) mass is 493 g/mol. The number of pyridine rings is 1. The van der Waals surface area contributed by atoms with Crippen molar-refractivity contribution in [2.75, 3.05) is 31.7 Å². The average Bonchev–Trinajstić information content (AvgIpc) is 3.27. The molecule has 1 aliphatic heterocycles. The van der Waals surface area contributed by atoms with Crippen molar-refractivity contribution in [2.24, 2.45) is 5.92 Å². The SMILES string of the molecule is CC(c1nc2cc([C@H]3CC[C@H](C)CN3C(=O)C(=O)Nc3cncc(C=N)c3N)ccc2s1)N(C)C. The second-order valence-electron chi connectivity index (χ2n) is 9.36. The first-order chi connectivity index (χ1) is 16.7. The number of anilines is 2. The van der Waals surface area contributed by atoms with E-state index >= 15 is 0 Å². The van der Waals surface area contributed by atoms with E-state index in [0.29, 0.717) is 12.1 Å². The number of carbonyl (C=O) groups excluding carboxylic acids is 2. The van der Waals surface area contributed by atoms with Crippen molar-refractivity contribution < 1.29 is 9.59 Å². The van der Waals surface area contributed by atoms with Crippen LogP contribution in [0.25, 0.3) is 10.2 Å². The van der Waals surface area contributed by atoms with E-state index in [2.05, 4.69) is 35.1 Å². The fraction of sp³-hybridized carbons (Fsp3) is 0.400. The van der Waals surface area contributed by atoms with Crippen LogP contribution in [-0.2, 0) is 9.59 Å². The quantitative estimate of drug-likeness (QED) is 0.366. The van der Waals surface area contributed by atoms with E-state index in [1.54, 1.807) is 16.2 Å². The molecule has 1 aliphatic rings. The Kier molecular flexibility index (Phi) is 7.13. The number of fused-ring (bicyclic) bond motifs is 1. The Morgan fingerprint density at radius 3 is 2.80 bits per heavy atom. The van der Waals surface area contributed by atoms with Crippen molar-refractivity contribution >= 4 is 51.0 Å². The Morgan fingerprint density at radius 2 is 2.09 bits per heavy atom. The number of hydrogen-bond acceptors (Lipinski definition) is 8. The maximum Gasteiger partial charge on any atom is 0.314 e. The van der Waals surface area contributed by atoms with Gasteiger partial charge in [0.15, 0.2) is 0 Å². The molecule has 10 heteroatoms. The Bertz CT molecular complexity index is 1270. The summed E-state index contributed by atoms with van der Waals surface area (Å²) >= 11 is 1.68. The van der Waals surface area contributed by atoms with Crippen LogP contribution in [0.1, 0.15) is 54.9 Å². The molecule has 1 aromatic carbocycles. The van der Waals surface area contributed by atoms with Gasteiger partial charge in [-0.2, -0.15) is 0 Å². The third-order valence-electron chi connectivity index (χ3n) is 6.64. The van der Waals surface area contributed by atoms with E-state index < -0.39 is 11.8 Å². The number of amides is 2. The molecule has 3 atom stereocenters. The normalized spacial score (nSPS) is 19.1. The van der Waals surface area contributed by atoms with Gasteiger partial charge in [0.1, 0.15) is 5.01 Å². The van der Waals surface area contributed by atoms with Crippen molar-refractivity contribution in [3.63, 3.8) is 0 Å². The first kappa shape index (κ1) is 24.7. The molecule has 2 aromatic heterocycles. The number of nitrogens with two attached hydrogens (primary N) is 1. The Hall–Kier alpha value is -3.37. The van der Waals surface area contributed by atoms with Crippen LogP contribution in [0, 0.1) is 11.3 Å². The molecule has 35 heavy (non-hydrogen) atoms. The lowest BCUT2D eigenvalue weighted by molar-refractivity contribution is -0.146. The summed E-state index contributed by atoms with van der Waals surface area (Å²) < 4.78 is 1.10. The van der Waals surface area contributed by atoms with Gasteiger partial charge in [0.2, 0.25) is 0 Å². The molecule has 3 heterocycles. The maximum atomic E-state index is 13.3. The second-order valence-corrected chi connectivity index (χ2v) is 10.4. The van der Waals surface area contributed by atoms with Crippen LogP contribution in [-0.4, -0.2) is 58.4 Å². The lowest BCUT2D eigenvalue weighted by Crippen LogP contribution is -2.46. The molecule has 184 valence electrons. The molecule has 2 amide bonds. The second kappa shape index (κ2) is 10.1. The zero-order valence-electron chi connectivity index (χ0n) is 20.4. The minimum atomic E-state index is -0.767. The van der Waals surface area contributed by atoms with Gasteiger partial charge in [-0.15, -0.1) is 11.3 Å². The van der Waals surface area contributed by atoms with Gasteiger partial charge in [-0.3, -0.25) is 14.6 Å². The van der Waals surface area contributed by atoms with Crippen molar-refractivity contribution in [3.05, 3.63) is 46.7 Å². The molecule has 9 nitrogen and oxygen atoms in total. The van der Waals surface area contributed by atoms with Crippen LogP contribution in [0.4, 0.5) is 11.4 Å². The Balaban J connectivity index is 1.60. The van der Waals surface area contributed by atoms with Crippen LogP contribution in [0.5, 0.6) is 0 Å². The molecule has 1 unspecified atom stereocenters. The van der Waals surface area contributed by atoms with Gasteiger partial charge < -0.3 is 26.3 Å². The zero-order chi connectivity index (χ0) is 25.3. The molecule has 1 fully saturated rings. The fourth-order valence-electron chi connectivity index (χ4n) is 4.30. The fourth-order valence-corrected chi connectivity index (χ4v) is 5.40. The minimum Gasteiger partial charge on any atom is -0.396 e. The number of piperidine rings is 1. The van der Waals surface area contributed by atoms with E-state index in [1.807, 2.05) is 26.2 Å². The summed E-state index contributed by atoms with van der Waals surface area (Å²) in [7, 11) is 4.07. The van der Waals surface area contributed by atoms with Crippen LogP contribution in [0.15, 0.2) is 30.6 Å². The van der Waals surface area contributed by atoms with Gasteiger partial charge in [0, 0.05) is 24.5 Å². The predicted octanol–water partition coefficient (Wildman–Crippen LogP) is 3.83. The largest absolute Gasteiger partial charge is 0.396 e. The predicted molar refractivity (Wildman–Crippen MR) is 140 cm³/mol. The summed E-state index contributed by atoms with van der Waals surface area (Å²) in [5.41, 5.74) is 8.70. The number of hydrogen-bond donors (Lipinski definition) is 3. The van der Waals surface area contributed by atoms with Crippen LogP contribution < -0.4 is 11.1 Å². The van der Waals surface area contributed by atoms with Gasteiger partial charge >= 0.3 is 11.8 Å². The standard InChI is InChI=1S/C25H31N7O2S/c1-14-5-7-20(16-6-8-21-18(9-16)30-24(35-21)15(2)31(3)4)32(13-14)25(34)23(33)29-19-12-28-11-17(10-26)22(19)27/h6,8-12,14-15,20,26H,5,7,13H2,1-4H3,(H2,27,28)(H,29,33)/t14-,15?,20+/m0/s1. The number of thiazole rings is 1. The number of nitrogens with one attached hydrogen (secondary N) is 2. The average molecular weight is 494 g/mol. The van der Waals surface area contributed by atoms with Crippen molar-refractivity contribution in [3.8, 4) is 0 Å². The van der Waals surface area contributed by atoms with Gasteiger partial charge in [-0.05, 0) is 57.5 Å². The molecule has 0 radical (unpaired) electrons. The lowest BCUT2D eigenvalue weighted by Gasteiger charge is -2.38. The zero-order valence-corrected chi connectivity index (χ0v) is 21.2. The first-order valence-corrected chi connectivity index (χ1v) is 12.4. The number of benzene rings is 1. The number of carbonyl (C=O) groups is 2. The molecule has 1 saturated heterocycles. The van der Waals surface area contributed by atoms with E-state index in [4.69, 9.17) is 16.1 Å². The highest BCUT2D eigenvalue weighted by Gasteiger charge is 2.34. The number of likely N-dealkylation sites (tertiary alicyclic amines) is 1. The summed E-state index contributed by atoms with van der Waals surface area (Å²) in [4.78, 5) is 38.9. The first-order valence-electron chi connectivity index (χ1n) is 11.6. The van der Waals surface area contributed by atoms with E-state index in [0.717, 1.165) is 39.8 Å². The van der Waals surface area contributed by atoms with E-state index in [9.17, 15) is 9.59 Å². The summed E-state index contributed by atoms with van der Waals surface area (Å²) in [6, 6.07) is 6.14. The van der Waals surface area contributed by atoms with Crippen molar-refractivity contribution in [1.82, 2.24) is 19.8 Å². The smallest absolute Gasteiger partial charge is 0.314 e. The third kappa shape index (κ3) is 5.03. The topological polar surface area (TPSA) is 128 Å². The summed E-state index contributed by atoms with van der Waals surface area (Å²) in [6.07, 6.45) is 5.60. The number of nitrogen functional groups attached to an aromatic ring is 1. The van der Waals surface area contributed by atoms with Crippen molar-refractivity contribution in [2.45, 2.75) is 38.8 Å². The third-order valence-corrected chi connectivity index (χ3v) is 7.85. The van der Waals surface area contributed by atoms with Crippen molar-refractivity contribution in [1.29, 1.82) is 5.41 Å². The van der Waals surface area contributed by atoms with Gasteiger partial charge in [0.25, 0.3) is 0 Å². The molecule has 0 aliphatic carbocycles. The molecule has 4 rings (SSSR count). The Morgan fingerprint density at radius 1 is 1.31 bits per heavy atom. The number of nitrogens with zero attached hydrogens (tertiary/aromatic N) is 4. The number of aromatic nitrogens is 2. The lowest BCUT2D eigenvalue weighted by atomic mass is 9.89. The molecular formula is C25H31N7O2S. The minimum absolute atomic E-state index is 0.205. The van der Waals surface area contributed by atoms with Crippen LogP contribution in [0.2, 0.25) is 0 Å². The van der Waals surface area contributed by atoms with E-state index in [1.165, 1.54) is 12.4 Å². The summed E-state index contributed by atoms with van der Waals surface area (Å²) in [6.45, 7) is 4.70. The summed E-state index contributed by atoms with van der Waals surface area (Å²) in [5.74, 6) is -1.09. The van der Waals surface area contributed by atoms with E-state index in [-0.39, 0.29) is 29.4 Å². The molecular weight excluding hydrogens is 462 g/mol. The van der Waals surface area contributed by atoms with Crippen LogP contribution in [0.3, 0.4) is 0 Å². The maximum absolute atomic E-state index is 13.3. The summed E-state index contributed by atoms with van der Waals surface area (Å²) in [5, 5.41) is 11.1. The highest BCUT2D eigenvalue weighted by Crippen LogP contribution is 2.36. The molecule has 3 aromatic rings. The van der Waals surface area contributed by atoms with Gasteiger partial charge in [0.05, 0.1) is 39.9 Å². The van der Waals surface area contributed by atoms with Gasteiger partial charge in [-0.1, -0.05) is 13.0 Å². The van der Waals surface area contributed by atoms with Crippen LogP contribution >= 0.6 is 11.3 Å². The molecule has 0 spiro atoms. The molecule has 4 N–H and O–H groups in total. The molecule has 0 bridgehead atoms. The number of rotatable bonds is 5. The highest BCUT2D eigenvalue weighted by molar-refractivity contribution is 7.18. The highest BCUT2D eigenvalue weighted by atomic mass is 32.1. The van der Waals surface area contributed by atoms with Gasteiger partial charge in [-0.25, -0.2) is 4.98 Å². The Labute approximate surface area is 208 Å². The molecule has 0 saturated carbocycles.